The van der Waals surface area contributed by atoms with Crippen LogP contribution in [0.15, 0.2) is 30.6 Å². The fourth-order valence-electron chi connectivity index (χ4n) is 3.52. The Balaban J connectivity index is 1.59. The van der Waals surface area contributed by atoms with E-state index in [1.54, 1.807) is 12.4 Å². The van der Waals surface area contributed by atoms with Crippen LogP contribution in [0, 0.1) is 0 Å². The van der Waals surface area contributed by atoms with Crippen molar-refractivity contribution in [3.63, 3.8) is 0 Å². The fourth-order valence-corrected chi connectivity index (χ4v) is 3.52. The molecule has 1 aromatic heterocycles. The number of anilines is 1. The van der Waals surface area contributed by atoms with Gasteiger partial charge in [-0.05, 0) is 30.9 Å². The normalized spacial score (nSPS) is 22.6. The lowest BCUT2D eigenvalue weighted by atomic mass is 9.98. The van der Waals surface area contributed by atoms with Crippen LogP contribution in [0.3, 0.4) is 0 Å². The summed E-state index contributed by atoms with van der Waals surface area (Å²) in [5.41, 5.74) is 3.35. The molecule has 2 aromatic rings. The molecule has 2 atom stereocenters. The molecule has 0 spiro atoms. The van der Waals surface area contributed by atoms with Crippen LogP contribution < -0.4 is 4.90 Å². The lowest BCUT2D eigenvalue weighted by Gasteiger charge is -2.29. The third-order valence-electron chi connectivity index (χ3n) is 4.89. The maximum atomic E-state index is 12.0. The Morgan fingerprint density at radius 2 is 2.08 bits per heavy atom. The second kappa shape index (κ2) is 6.44. The Kier molecular flexibility index (Phi) is 4.13. The predicted octanol–water partition coefficient (Wildman–Crippen LogP) is 2.73. The van der Waals surface area contributed by atoms with Crippen LogP contribution in [0.5, 0.6) is 0 Å². The molecule has 2 aliphatic rings. The first-order valence-corrected chi connectivity index (χ1v) is 8.76. The van der Waals surface area contributed by atoms with Crippen molar-refractivity contribution >= 4 is 11.9 Å². The number of benzene rings is 1. The van der Waals surface area contributed by atoms with E-state index in [4.69, 9.17) is 4.74 Å². The van der Waals surface area contributed by atoms with E-state index < -0.39 is 0 Å². The molecule has 6 nitrogen and oxygen atoms in total. The van der Waals surface area contributed by atoms with Crippen LogP contribution in [0.25, 0.3) is 11.1 Å². The van der Waals surface area contributed by atoms with Crippen molar-refractivity contribution in [3.8, 4) is 11.1 Å². The van der Waals surface area contributed by atoms with Crippen LogP contribution in [0.4, 0.5) is 5.95 Å². The van der Waals surface area contributed by atoms with E-state index >= 15 is 0 Å². The van der Waals surface area contributed by atoms with Crippen LogP contribution in [-0.2, 0) is 4.74 Å². The van der Waals surface area contributed by atoms with Crippen LogP contribution >= 0.6 is 0 Å². The number of ether oxygens (including phenoxy) is 1. The molecule has 0 saturated carbocycles. The summed E-state index contributed by atoms with van der Waals surface area (Å²) in [5.74, 6) is 0.373. The minimum atomic E-state index is -0.314. The van der Waals surface area contributed by atoms with Crippen molar-refractivity contribution in [3.05, 3.63) is 41.7 Å². The monoisotopic (exact) mass is 339 g/mol. The number of cyclic esters (lactones) is 1. The van der Waals surface area contributed by atoms with E-state index in [1.165, 1.54) is 0 Å². The van der Waals surface area contributed by atoms with Crippen LogP contribution in [0.1, 0.15) is 48.2 Å². The molecule has 1 N–H and O–H groups in total. The molecule has 2 unspecified atom stereocenters. The van der Waals surface area contributed by atoms with E-state index in [-0.39, 0.29) is 18.2 Å². The zero-order valence-corrected chi connectivity index (χ0v) is 14.2. The molecule has 130 valence electrons. The highest BCUT2D eigenvalue weighted by molar-refractivity contribution is 5.95. The lowest BCUT2D eigenvalue weighted by molar-refractivity contribution is 0.0378. The SMILES string of the molecule is CCC1OC(=O)c2cc(-c3cnc(N4CCCC(O)C4)nc3)ccc21. The third-order valence-corrected chi connectivity index (χ3v) is 4.89. The molecule has 6 heteroatoms. The van der Waals surface area contributed by atoms with Gasteiger partial charge in [-0.3, -0.25) is 0 Å². The highest BCUT2D eigenvalue weighted by atomic mass is 16.5. The number of carbonyl (C=O) groups is 1. The molecule has 1 saturated heterocycles. The number of hydrogen-bond donors (Lipinski definition) is 1. The van der Waals surface area contributed by atoms with E-state index in [9.17, 15) is 9.90 Å². The van der Waals surface area contributed by atoms with E-state index in [0.717, 1.165) is 42.5 Å². The Hall–Kier alpha value is -2.47. The second-order valence-electron chi connectivity index (χ2n) is 6.62. The summed E-state index contributed by atoms with van der Waals surface area (Å²) >= 11 is 0. The molecule has 0 bridgehead atoms. The average Bonchev–Trinajstić information content (AvgIpc) is 2.97. The van der Waals surface area contributed by atoms with Crippen molar-refractivity contribution in [1.82, 2.24) is 9.97 Å². The smallest absolute Gasteiger partial charge is 0.339 e. The standard InChI is InChI=1S/C19H21N3O3/c1-2-17-15-6-5-12(8-16(15)18(24)25-17)13-9-20-19(21-10-13)22-7-3-4-14(23)11-22/h5-6,8-10,14,17,23H,2-4,7,11H2,1H3. The summed E-state index contributed by atoms with van der Waals surface area (Å²) in [6.45, 7) is 3.44. The number of aromatic nitrogens is 2. The Morgan fingerprint density at radius 3 is 2.80 bits per heavy atom. The summed E-state index contributed by atoms with van der Waals surface area (Å²) in [4.78, 5) is 22.9. The molecule has 25 heavy (non-hydrogen) atoms. The van der Waals surface area contributed by atoms with Crippen molar-refractivity contribution in [2.24, 2.45) is 0 Å². The van der Waals surface area contributed by atoms with Crippen LogP contribution in [0.2, 0.25) is 0 Å². The number of nitrogens with zero attached hydrogens (tertiary/aromatic N) is 3. The van der Waals surface area contributed by atoms with E-state index in [2.05, 4.69) is 9.97 Å². The summed E-state index contributed by atoms with van der Waals surface area (Å²) < 4.78 is 5.38. The fraction of sp³-hybridized carbons (Fsp3) is 0.421. The number of aliphatic hydroxyl groups is 1. The van der Waals surface area contributed by atoms with Gasteiger partial charge in [0.05, 0.1) is 11.7 Å². The van der Waals surface area contributed by atoms with Crippen LogP contribution in [-0.4, -0.2) is 40.2 Å². The van der Waals surface area contributed by atoms with Gasteiger partial charge in [-0.15, -0.1) is 0 Å². The van der Waals surface area contributed by atoms with Crippen molar-refractivity contribution in [2.75, 3.05) is 18.0 Å². The molecule has 3 heterocycles. The minimum absolute atomic E-state index is 0.138. The molecular formula is C19H21N3O3. The summed E-state index contributed by atoms with van der Waals surface area (Å²) in [6, 6.07) is 5.79. The highest BCUT2D eigenvalue weighted by Gasteiger charge is 2.30. The predicted molar refractivity (Wildman–Crippen MR) is 93.4 cm³/mol. The minimum Gasteiger partial charge on any atom is -0.454 e. The van der Waals surface area contributed by atoms with Gasteiger partial charge in [0.1, 0.15) is 6.10 Å². The number of esters is 1. The van der Waals surface area contributed by atoms with Crippen molar-refractivity contribution in [2.45, 2.75) is 38.4 Å². The molecule has 2 aliphatic heterocycles. The number of aliphatic hydroxyl groups excluding tert-OH is 1. The number of hydrogen-bond acceptors (Lipinski definition) is 6. The molecule has 4 rings (SSSR count). The lowest BCUT2D eigenvalue weighted by Crippen LogP contribution is -2.39. The molecule has 0 aliphatic carbocycles. The first kappa shape index (κ1) is 16.0. The van der Waals surface area contributed by atoms with Gasteiger partial charge in [0.25, 0.3) is 0 Å². The molecule has 1 fully saturated rings. The number of piperidine rings is 1. The largest absolute Gasteiger partial charge is 0.454 e. The van der Waals surface area contributed by atoms with Gasteiger partial charge in [-0.1, -0.05) is 19.1 Å². The first-order chi connectivity index (χ1) is 12.2. The Morgan fingerprint density at radius 1 is 1.28 bits per heavy atom. The summed E-state index contributed by atoms with van der Waals surface area (Å²) in [7, 11) is 0. The number of rotatable bonds is 3. The van der Waals surface area contributed by atoms with Gasteiger partial charge in [0, 0.05) is 36.6 Å². The van der Waals surface area contributed by atoms with Gasteiger partial charge < -0.3 is 14.7 Å². The average molecular weight is 339 g/mol. The van der Waals surface area contributed by atoms with E-state index in [1.807, 2.05) is 30.0 Å². The van der Waals surface area contributed by atoms with Gasteiger partial charge in [0.15, 0.2) is 0 Å². The van der Waals surface area contributed by atoms with Gasteiger partial charge >= 0.3 is 5.97 Å². The van der Waals surface area contributed by atoms with E-state index in [0.29, 0.717) is 18.1 Å². The summed E-state index contributed by atoms with van der Waals surface area (Å²) in [5, 5.41) is 9.79. The molecule has 0 amide bonds. The number of carbonyl (C=O) groups excluding carboxylic acids is 1. The number of β-amino-alcohol motifs (C(OH)–C–C–N with tert-alkyl or cyclic N) is 1. The summed E-state index contributed by atoms with van der Waals surface area (Å²) in [6.07, 6.45) is 5.63. The third kappa shape index (κ3) is 2.98. The zero-order valence-electron chi connectivity index (χ0n) is 14.2. The highest BCUT2D eigenvalue weighted by Crippen LogP contribution is 2.35. The second-order valence-corrected chi connectivity index (χ2v) is 6.62. The van der Waals surface area contributed by atoms with Gasteiger partial charge in [-0.2, -0.15) is 0 Å². The number of fused-ring (bicyclic) bond motifs is 1. The molecular weight excluding hydrogens is 318 g/mol. The Labute approximate surface area is 146 Å². The maximum Gasteiger partial charge on any atom is 0.339 e. The molecule has 1 aromatic carbocycles. The van der Waals surface area contributed by atoms with Crippen molar-refractivity contribution < 1.29 is 14.6 Å². The maximum absolute atomic E-state index is 12.0. The topological polar surface area (TPSA) is 75.5 Å². The van der Waals surface area contributed by atoms with Gasteiger partial charge in [-0.25, -0.2) is 14.8 Å². The van der Waals surface area contributed by atoms with Crippen molar-refractivity contribution in [1.29, 1.82) is 0 Å². The quantitative estimate of drug-likeness (QED) is 0.867. The zero-order chi connectivity index (χ0) is 17.4. The Bertz CT molecular complexity index is 791. The van der Waals surface area contributed by atoms with Gasteiger partial charge in [0.2, 0.25) is 5.95 Å². The first-order valence-electron chi connectivity index (χ1n) is 8.76. The molecule has 0 radical (unpaired) electrons.